The predicted octanol–water partition coefficient (Wildman–Crippen LogP) is 2.98. The van der Waals surface area contributed by atoms with Crippen molar-refractivity contribution in [2.75, 3.05) is 12.1 Å². The summed E-state index contributed by atoms with van der Waals surface area (Å²) in [7, 11) is 0. The van der Waals surface area contributed by atoms with Crippen LogP contribution in [0.4, 0.5) is 10.1 Å². The Bertz CT molecular complexity index is 1110. The summed E-state index contributed by atoms with van der Waals surface area (Å²) in [6.45, 7) is 1.67. The van der Waals surface area contributed by atoms with E-state index in [4.69, 9.17) is 9.47 Å². The molecule has 1 atom stereocenters. The molecule has 0 spiro atoms. The summed E-state index contributed by atoms with van der Waals surface area (Å²) in [4.78, 5) is 24.8. The number of fused-ring (bicyclic) bond motifs is 1. The van der Waals surface area contributed by atoms with E-state index in [2.05, 4.69) is 10.4 Å². The number of aromatic nitrogens is 2. The van der Waals surface area contributed by atoms with E-state index in [1.807, 2.05) is 0 Å². The standard InChI is InChI=1S/C20H16FN3O4/c1-12(20(26)22-16-5-3-2-4-14(16)21)24-19(25)9-7-15(23-24)13-6-8-17-18(10-13)28-11-27-17/h2-10,12H,11H2,1H3,(H,22,26). The Balaban J connectivity index is 1.62. The summed E-state index contributed by atoms with van der Waals surface area (Å²) in [5, 5.41) is 6.78. The van der Waals surface area contributed by atoms with E-state index in [1.54, 1.807) is 30.3 Å². The number of benzene rings is 2. The van der Waals surface area contributed by atoms with Gasteiger partial charge in [0.2, 0.25) is 12.7 Å². The van der Waals surface area contributed by atoms with Gasteiger partial charge in [-0.05, 0) is 43.3 Å². The molecule has 0 fully saturated rings. The second-order valence-electron chi connectivity index (χ2n) is 6.21. The fourth-order valence-electron chi connectivity index (χ4n) is 2.82. The van der Waals surface area contributed by atoms with E-state index >= 15 is 0 Å². The molecule has 1 N–H and O–H groups in total. The van der Waals surface area contributed by atoms with Crippen LogP contribution in [0.1, 0.15) is 13.0 Å². The molecule has 1 unspecified atom stereocenters. The molecule has 0 radical (unpaired) electrons. The lowest BCUT2D eigenvalue weighted by Crippen LogP contribution is -2.33. The zero-order chi connectivity index (χ0) is 19.7. The van der Waals surface area contributed by atoms with Crippen LogP contribution in [-0.2, 0) is 4.79 Å². The van der Waals surface area contributed by atoms with Crippen molar-refractivity contribution in [3.05, 3.63) is 70.8 Å². The van der Waals surface area contributed by atoms with Crippen molar-refractivity contribution in [2.45, 2.75) is 13.0 Å². The summed E-state index contributed by atoms with van der Waals surface area (Å²) < 4.78 is 25.5. The third kappa shape index (κ3) is 3.32. The number of nitrogens with one attached hydrogen (secondary N) is 1. The predicted molar refractivity (Wildman–Crippen MR) is 99.8 cm³/mol. The fraction of sp³-hybridized carbons (Fsp3) is 0.150. The number of carbonyl (C=O) groups excluding carboxylic acids is 1. The lowest BCUT2D eigenvalue weighted by Gasteiger charge is -2.15. The lowest BCUT2D eigenvalue weighted by molar-refractivity contribution is -0.119. The van der Waals surface area contributed by atoms with E-state index in [9.17, 15) is 14.0 Å². The first-order valence-corrected chi connectivity index (χ1v) is 8.58. The molecule has 0 saturated heterocycles. The average molecular weight is 381 g/mol. The highest BCUT2D eigenvalue weighted by Crippen LogP contribution is 2.35. The number of nitrogens with zero attached hydrogens (tertiary/aromatic N) is 2. The van der Waals surface area contributed by atoms with Gasteiger partial charge in [0, 0.05) is 11.6 Å². The van der Waals surface area contributed by atoms with E-state index < -0.39 is 23.3 Å². The van der Waals surface area contributed by atoms with Crippen molar-refractivity contribution in [2.24, 2.45) is 0 Å². The maximum absolute atomic E-state index is 13.8. The molecule has 8 heteroatoms. The van der Waals surface area contributed by atoms with E-state index in [0.29, 0.717) is 22.8 Å². The first-order valence-electron chi connectivity index (χ1n) is 8.58. The Kier molecular flexibility index (Phi) is 4.52. The van der Waals surface area contributed by atoms with Gasteiger partial charge in [-0.15, -0.1) is 0 Å². The highest BCUT2D eigenvalue weighted by atomic mass is 19.1. The summed E-state index contributed by atoms with van der Waals surface area (Å²) in [6.07, 6.45) is 0. The molecule has 28 heavy (non-hydrogen) atoms. The Morgan fingerprint density at radius 2 is 1.93 bits per heavy atom. The number of ether oxygens (including phenoxy) is 2. The second-order valence-corrected chi connectivity index (χ2v) is 6.21. The summed E-state index contributed by atoms with van der Waals surface area (Å²) in [5.74, 6) is 0.108. The summed E-state index contributed by atoms with van der Waals surface area (Å²) >= 11 is 0. The number of rotatable bonds is 4. The number of amides is 1. The van der Waals surface area contributed by atoms with Crippen molar-refractivity contribution in [3.8, 4) is 22.8 Å². The van der Waals surface area contributed by atoms with Crippen molar-refractivity contribution < 1.29 is 18.7 Å². The third-order valence-corrected chi connectivity index (χ3v) is 4.37. The maximum atomic E-state index is 13.8. The number of halogens is 1. The minimum Gasteiger partial charge on any atom is -0.454 e. The molecule has 3 aromatic rings. The zero-order valence-corrected chi connectivity index (χ0v) is 14.9. The molecule has 1 aliphatic rings. The normalized spacial score (nSPS) is 13.2. The molecule has 142 valence electrons. The Morgan fingerprint density at radius 3 is 2.75 bits per heavy atom. The Hall–Kier alpha value is -3.68. The van der Waals surface area contributed by atoms with Crippen LogP contribution in [-0.4, -0.2) is 22.5 Å². The fourth-order valence-corrected chi connectivity index (χ4v) is 2.82. The first kappa shape index (κ1) is 17.7. The number of hydrogen-bond acceptors (Lipinski definition) is 5. The first-order chi connectivity index (χ1) is 13.5. The van der Waals surface area contributed by atoms with Gasteiger partial charge in [0.15, 0.2) is 11.5 Å². The summed E-state index contributed by atoms with van der Waals surface area (Å²) in [6, 6.07) is 13.1. The van der Waals surface area contributed by atoms with Crippen molar-refractivity contribution in [3.63, 3.8) is 0 Å². The monoisotopic (exact) mass is 381 g/mol. The molecule has 0 bridgehead atoms. The number of para-hydroxylation sites is 1. The van der Waals surface area contributed by atoms with Crippen LogP contribution in [0.5, 0.6) is 11.5 Å². The van der Waals surface area contributed by atoms with Gasteiger partial charge >= 0.3 is 0 Å². The van der Waals surface area contributed by atoms with E-state index in [0.717, 1.165) is 4.68 Å². The lowest BCUT2D eigenvalue weighted by atomic mass is 10.1. The van der Waals surface area contributed by atoms with Crippen LogP contribution < -0.4 is 20.3 Å². The van der Waals surface area contributed by atoms with Gasteiger partial charge in [-0.2, -0.15) is 5.10 Å². The number of carbonyl (C=O) groups is 1. The Labute approximate surface area is 159 Å². The molecular formula is C20H16FN3O4. The van der Waals surface area contributed by atoms with Crippen LogP contribution >= 0.6 is 0 Å². The van der Waals surface area contributed by atoms with Crippen molar-refractivity contribution >= 4 is 11.6 Å². The van der Waals surface area contributed by atoms with Gasteiger partial charge in [0.25, 0.3) is 5.56 Å². The van der Waals surface area contributed by atoms with Crippen LogP contribution in [0.2, 0.25) is 0 Å². The molecule has 1 aromatic heterocycles. The maximum Gasteiger partial charge on any atom is 0.267 e. The van der Waals surface area contributed by atoms with Gasteiger partial charge < -0.3 is 14.8 Å². The van der Waals surface area contributed by atoms with Crippen molar-refractivity contribution in [1.82, 2.24) is 9.78 Å². The molecule has 0 aliphatic carbocycles. The minimum absolute atomic E-state index is 0.0410. The minimum atomic E-state index is -0.943. The molecule has 1 amide bonds. The molecule has 2 heterocycles. The van der Waals surface area contributed by atoms with Gasteiger partial charge in [0.1, 0.15) is 11.9 Å². The van der Waals surface area contributed by atoms with Crippen LogP contribution in [0, 0.1) is 5.82 Å². The van der Waals surface area contributed by atoms with Crippen LogP contribution in [0.25, 0.3) is 11.3 Å². The SMILES string of the molecule is CC(C(=O)Nc1ccccc1F)n1nc(-c2ccc3c(c2)OCO3)ccc1=O. The van der Waals surface area contributed by atoms with E-state index in [1.165, 1.54) is 31.2 Å². The van der Waals surface area contributed by atoms with Gasteiger partial charge in [0.05, 0.1) is 11.4 Å². The topological polar surface area (TPSA) is 82.5 Å². The largest absolute Gasteiger partial charge is 0.454 e. The van der Waals surface area contributed by atoms with Gasteiger partial charge in [-0.3, -0.25) is 9.59 Å². The zero-order valence-electron chi connectivity index (χ0n) is 14.9. The number of hydrogen-bond donors (Lipinski definition) is 1. The number of anilines is 1. The van der Waals surface area contributed by atoms with Crippen molar-refractivity contribution in [1.29, 1.82) is 0 Å². The van der Waals surface area contributed by atoms with Gasteiger partial charge in [-0.1, -0.05) is 12.1 Å². The highest BCUT2D eigenvalue weighted by Gasteiger charge is 2.20. The molecule has 4 rings (SSSR count). The highest BCUT2D eigenvalue weighted by molar-refractivity contribution is 5.93. The summed E-state index contributed by atoms with van der Waals surface area (Å²) in [5.41, 5.74) is 0.795. The molecule has 1 aliphatic heterocycles. The quantitative estimate of drug-likeness (QED) is 0.751. The molecule has 7 nitrogen and oxygen atoms in total. The average Bonchev–Trinajstić information content (AvgIpc) is 3.17. The molecule has 0 saturated carbocycles. The van der Waals surface area contributed by atoms with E-state index in [-0.39, 0.29) is 12.5 Å². The third-order valence-electron chi connectivity index (χ3n) is 4.37. The smallest absolute Gasteiger partial charge is 0.267 e. The van der Waals surface area contributed by atoms with Crippen LogP contribution in [0.3, 0.4) is 0 Å². The van der Waals surface area contributed by atoms with Crippen LogP contribution in [0.15, 0.2) is 59.4 Å². The van der Waals surface area contributed by atoms with Gasteiger partial charge in [-0.25, -0.2) is 9.07 Å². The molecular weight excluding hydrogens is 365 g/mol. The molecule has 2 aromatic carbocycles. The Morgan fingerprint density at radius 1 is 1.14 bits per heavy atom. The second kappa shape index (κ2) is 7.15.